The molecule has 0 aliphatic carbocycles. The predicted octanol–water partition coefficient (Wildman–Crippen LogP) is 4.47. The molecule has 0 bridgehead atoms. The van der Waals surface area contributed by atoms with Crippen LogP contribution in [0.4, 0.5) is 19.6 Å². The second kappa shape index (κ2) is 8.71. The number of aromatic nitrogens is 2. The Balaban J connectivity index is 1.56. The fraction of sp³-hybridized carbons (Fsp3) is 0.125. The van der Waals surface area contributed by atoms with E-state index in [1.807, 2.05) is 0 Å². The van der Waals surface area contributed by atoms with E-state index < -0.39 is 17.5 Å². The SMILES string of the molecule is O=C(c1cccc(N2C(=O)CCC2=O)c1)N(Cc1cccnc1)c1nc2c(F)cc(F)cc2s1. The highest BCUT2D eigenvalue weighted by Gasteiger charge is 2.31. The van der Waals surface area contributed by atoms with Crippen LogP contribution in [0.25, 0.3) is 10.2 Å². The summed E-state index contributed by atoms with van der Waals surface area (Å²) < 4.78 is 28.3. The summed E-state index contributed by atoms with van der Waals surface area (Å²) in [5.74, 6) is -2.70. The molecule has 0 spiro atoms. The van der Waals surface area contributed by atoms with Crippen molar-refractivity contribution in [2.75, 3.05) is 9.80 Å². The summed E-state index contributed by atoms with van der Waals surface area (Å²) in [7, 11) is 0. The molecule has 170 valence electrons. The molecule has 3 heterocycles. The maximum absolute atomic E-state index is 14.3. The minimum Gasteiger partial charge on any atom is -0.279 e. The van der Waals surface area contributed by atoms with Gasteiger partial charge in [0, 0.05) is 36.9 Å². The van der Waals surface area contributed by atoms with E-state index in [-0.39, 0.29) is 52.1 Å². The number of carbonyl (C=O) groups is 3. The van der Waals surface area contributed by atoms with Crippen molar-refractivity contribution in [3.63, 3.8) is 0 Å². The first-order valence-electron chi connectivity index (χ1n) is 10.3. The van der Waals surface area contributed by atoms with Crippen LogP contribution in [0, 0.1) is 11.6 Å². The molecule has 2 aromatic carbocycles. The van der Waals surface area contributed by atoms with E-state index in [0.29, 0.717) is 11.3 Å². The third-order valence-corrected chi connectivity index (χ3v) is 6.37. The Morgan fingerprint density at radius 2 is 1.85 bits per heavy atom. The van der Waals surface area contributed by atoms with Crippen LogP contribution < -0.4 is 9.80 Å². The van der Waals surface area contributed by atoms with Crippen LogP contribution in [0.15, 0.2) is 60.9 Å². The van der Waals surface area contributed by atoms with E-state index in [4.69, 9.17) is 0 Å². The van der Waals surface area contributed by atoms with Crippen LogP contribution in [-0.2, 0) is 16.1 Å². The molecule has 5 rings (SSSR count). The molecule has 3 amide bonds. The van der Waals surface area contributed by atoms with Crippen molar-refractivity contribution in [2.45, 2.75) is 19.4 Å². The molecule has 1 aliphatic heterocycles. The number of hydrogen-bond acceptors (Lipinski definition) is 6. The van der Waals surface area contributed by atoms with Gasteiger partial charge in [0.15, 0.2) is 10.9 Å². The molecule has 7 nitrogen and oxygen atoms in total. The van der Waals surface area contributed by atoms with Gasteiger partial charge in [-0.1, -0.05) is 23.5 Å². The molecule has 0 atom stereocenters. The molecule has 1 aliphatic rings. The molecule has 10 heteroatoms. The molecule has 2 aromatic heterocycles. The van der Waals surface area contributed by atoms with Crippen LogP contribution in [0.2, 0.25) is 0 Å². The lowest BCUT2D eigenvalue weighted by atomic mass is 10.1. The van der Waals surface area contributed by atoms with Gasteiger partial charge in [0.1, 0.15) is 11.3 Å². The summed E-state index contributed by atoms with van der Waals surface area (Å²) in [4.78, 5) is 48.7. The lowest BCUT2D eigenvalue weighted by molar-refractivity contribution is -0.121. The summed E-state index contributed by atoms with van der Waals surface area (Å²) in [5.41, 5.74) is 1.17. The van der Waals surface area contributed by atoms with Crippen molar-refractivity contribution in [1.82, 2.24) is 9.97 Å². The Kier molecular flexibility index (Phi) is 5.58. The van der Waals surface area contributed by atoms with Crippen LogP contribution in [0.1, 0.15) is 28.8 Å². The van der Waals surface area contributed by atoms with Crippen molar-refractivity contribution in [2.24, 2.45) is 0 Å². The molecule has 0 radical (unpaired) electrons. The number of benzene rings is 2. The first-order valence-corrected chi connectivity index (χ1v) is 11.1. The average Bonchev–Trinajstić information content (AvgIpc) is 3.40. The smallest absolute Gasteiger partial charge is 0.260 e. The van der Waals surface area contributed by atoms with Gasteiger partial charge in [-0.3, -0.25) is 29.2 Å². The van der Waals surface area contributed by atoms with Crippen LogP contribution >= 0.6 is 11.3 Å². The van der Waals surface area contributed by atoms with E-state index in [1.165, 1.54) is 11.0 Å². The number of anilines is 2. The summed E-state index contributed by atoms with van der Waals surface area (Å²) in [6.45, 7) is 0.0718. The van der Waals surface area contributed by atoms with Crippen molar-refractivity contribution in [3.05, 3.63) is 83.7 Å². The van der Waals surface area contributed by atoms with E-state index >= 15 is 0 Å². The molecule has 1 fully saturated rings. The zero-order valence-electron chi connectivity index (χ0n) is 17.6. The lowest BCUT2D eigenvalue weighted by Gasteiger charge is -2.21. The monoisotopic (exact) mass is 478 g/mol. The fourth-order valence-electron chi connectivity index (χ4n) is 3.76. The minimum absolute atomic E-state index is 0.0348. The minimum atomic E-state index is -0.820. The van der Waals surface area contributed by atoms with Gasteiger partial charge in [0.2, 0.25) is 11.8 Å². The number of nitrogens with zero attached hydrogens (tertiary/aromatic N) is 4. The Morgan fingerprint density at radius 1 is 1.06 bits per heavy atom. The number of hydrogen-bond donors (Lipinski definition) is 0. The van der Waals surface area contributed by atoms with Crippen molar-refractivity contribution in [1.29, 1.82) is 0 Å². The summed E-state index contributed by atoms with van der Waals surface area (Å²) >= 11 is 0.981. The van der Waals surface area contributed by atoms with Gasteiger partial charge in [-0.25, -0.2) is 13.8 Å². The molecule has 34 heavy (non-hydrogen) atoms. The number of amides is 3. The molecule has 4 aromatic rings. The highest BCUT2D eigenvalue weighted by molar-refractivity contribution is 7.22. The number of thiazole rings is 1. The maximum atomic E-state index is 14.3. The lowest BCUT2D eigenvalue weighted by Crippen LogP contribution is -2.31. The van der Waals surface area contributed by atoms with Crippen molar-refractivity contribution in [3.8, 4) is 0 Å². The molecule has 1 saturated heterocycles. The van der Waals surface area contributed by atoms with E-state index in [1.54, 1.807) is 42.7 Å². The summed E-state index contributed by atoms with van der Waals surface area (Å²) in [5, 5.41) is 0.173. The average molecular weight is 478 g/mol. The van der Waals surface area contributed by atoms with Crippen LogP contribution in [-0.4, -0.2) is 27.7 Å². The molecule has 0 unspecified atom stereocenters. The van der Waals surface area contributed by atoms with Crippen molar-refractivity contribution < 1.29 is 23.2 Å². The Labute approximate surface area is 196 Å². The van der Waals surface area contributed by atoms with Gasteiger partial charge in [0.25, 0.3) is 5.91 Å². The quantitative estimate of drug-likeness (QED) is 0.395. The predicted molar refractivity (Wildman–Crippen MR) is 122 cm³/mol. The maximum Gasteiger partial charge on any atom is 0.260 e. The number of fused-ring (bicyclic) bond motifs is 1. The number of carbonyl (C=O) groups excluding carboxylic acids is 3. The Morgan fingerprint density at radius 3 is 2.59 bits per heavy atom. The van der Waals surface area contributed by atoms with Gasteiger partial charge < -0.3 is 0 Å². The Hall–Kier alpha value is -4.05. The third-order valence-electron chi connectivity index (χ3n) is 5.34. The number of imide groups is 1. The van der Waals surface area contributed by atoms with E-state index in [0.717, 1.165) is 28.4 Å². The van der Waals surface area contributed by atoms with Gasteiger partial charge in [-0.05, 0) is 35.9 Å². The largest absolute Gasteiger partial charge is 0.279 e. The van der Waals surface area contributed by atoms with Crippen molar-refractivity contribution >= 4 is 50.1 Å². The molecular weight excluding hydrogens is 462 g/mol. The number of pyridine rings is 1. The second-order valence-corrected chi connectivity index (χ2v) is 8.67. The van der Waals surface area contributed by atoms with Crippen LogP contribution in [0.3, 0.4) is 0 Å². The fourth-order valence-corrected chi connectivity index (χ4v) is 4.76. The van der Waals surface area contributed by atoms with Gasteiger partial charge >= 0.3 is 0 Å². The standard InChI is InChI=1S/C24H16F2N4O3S/c25-16-10-18(26)22-19(11-16)34-24(28-22)29(13-14-3-2-8-27-12-14)23(33)15-4-1-5-17(9-15)30-20(31)6-7-21(30)32/h1-5,8-12H,6-7,13H2. The normalized spacial score (nSPS) is 13.6. The zero-order chi connectivity index (χ0) is 23.8. The number of rotatable bonds is 5. The first kappa shape index (κ1) is 21.8. The highest BCUT2D eigenvalue weighted by atomic mass is 32.1. The van der Waals surface area contributed by atoms with Gasteiger partial charge in [0.05, 0.1) is 16.9 Å². The number of halogens is 2. The molecular formula is C24H16F2N4O3S. The summed E-state index contributed by atoms with van der Waals surface area (Å²) in [6, 6.07) is 11.6. The first-order chi connectivity index (χ1) is 16.4. The van der Waals surface area contributed by atoms with Gasteiger partial charge in [-0.2, -0.15) is 0 Å². The van der Waals surface area contributed by atoms with E-state index in [9.17, 15) is 23.2 Å². The van der Waals surface area contributed by atoms with Crippen LogP contribution in [0.5, 0.6) is 0 Å². The second-order valence-electron chi connectivity index (χ2n) is 7.66. The van der Waals surface area contributed by atoms with Gasteiger partial charge in [-0.15, -0.1) is 0 Å². The Bertz CT molecular complexity index is 1420. The molecule has 0 N–H and O–H groups in total. The topological polar surface area (TPSA) is 83.5 Å². The third kappa shape index (κ3) is 4.03. The van der Waals surface area contributed by atoms with E-state index in [2.05, 4.69) is 9.97 Å². The molecule has 0 saturated carbocycles. The highest BCUT2D eigenvalue weighted by Crippen LogP contribution is 2.33. The zero-order valence-corrected chi connectivity index (χ0v) is 18.4. The summed E-state index contributed by atoms with van der Waals surface area (Å²) in [6.07, 6.45) is 3.43.